The molecule has 1 rings (SSSR count). The van der Waals surface area contributed by atoms with Crippen LogP contribution in [0.2, 0.25) is 10.0 Å². The molecular formula is C13H16Cl2O4. The van der Waals surface area contributed by atoms with Crippen molar-refractivity contribution in [1.29, 1.82) is 0 Å². The van der Waals surface area contributed by atoms with E-state index in [0.717, 1.165) is 0 Å². The predicted molar refractivity (Wildman–Crippen MR) is 73.9 cm³/mol. The summed E-state index contributed by atoms with van der Waals surface area (Å²) in [6.45, 7) is 1.21. The van der Waals surface area contributed by atoms with Crippen molar-refractivity contribution >= 4 is 29.0 Å². The molecule has 0 radical (unpaired) electrons. The maximum absolute atomic E-state index is 11.4. The molecule has 0 saturated heterocycles. The van der Waals surface area contributed by atoms with Crippen molar-refractivity contribution in [3.63, 3.8) is 0 Å². The molecule has 0 aliphatic rings. The van der Waals surface area contributed by atoms with E-state index >= 15 is 0 Å². The lowest BCUT2D eigenvalue weighted by Gasteiger charge is -2.16. The van der Waals surface area contributed by atoms with Crippen LogP contribution in [0.3, 0.4) is 0 Å². The highest BCUT2D eigenvalue weighted by Crippen LogP contribution is 2.39. The maximum atomic E-state index is 11.4. The molecule has 3 N–H and O–H groups in total. The zero-order valence-corrected chi connectivity index (χ0v) is 11.9. The van der Waals surface area contributed by atoms with Crippen LogP contribution in [0.15, 0.2) is 12.1 Å². The van der Waals surface area contributed by atoms with Gasteiger partial charge < -0.3 is 15.3 Å². The number of rotatable bonds is 6. The summed E-state index contributed by atoms with van der Waals surface area (Å²) in [6.07, 6.45) is -0.870. The van der Waals surface area contributed by atoms with Crippen molar-refractivity contribution in [3.05, 3.63) is 27.7 Å². The van der Waals surface area contributed by atoms with Gasteiger partial charge in [0.1, 0.15) is 11.9 Å². The third-order valence-electron chi connectivity index (χ3n) is 2.97. The van der Waals surface area contributed by atoms with E-state index in [1.54, 1.807) is 6.92 Å². The van der Waals surface area contributed by atoms with E-state index in [4.69, 9.17) is 33.4 Å². The largest absolute Gasteiger partial charge is 0.508 e. The second kappa shape index (κ2) is 7.10. The van der Waals surface area contributed by atoms with Crippen LogP contribution in [-0.2, 0) is 4.79 Å². The Morgan fingerprint density at radius 1 is 1.37 bits per heavy atom. The Bertz CT molecular complexity index is 462. The number of aromatic hydroxyl groups is 1. The van der Waals surface area contributed by atoms with Crippen LogP contribution in [0, 0.1) is 0 Å². The van der Waals surface area contributed by atoms with Crippen LogP contribution in [0.1, 0.15) is 31.2 Å². The molecule has 1 aromatic rings. The number of benzene rings is 1. The first-order valence-corrected chi connectivity index (χ1v) is 6.62. The highest BCUT2D eigenvalue weighted by molar-refractivity contribution is 6.42. The summed E-state index contributed by atoms with van der Waals surface area (Å²) in [5, 5.41) is 28.2. The van der Waals surface area contributed by atoms with Crippen molar-refractivity contribution in [1.82, 2.24) is 0 Å². The van der Waals surface area contributed by atoms with Gasteiger partial charge in [-0.3, -0.25) is 4.79 Å². The summed E-state index contributed by atoms with van der Waals surface area (Å²) in [4.78, 5) is 11.4. The highest BCUT2D eigenvalue weighted by atomic mass is 35.5. The summed E-state index contributed by atoms with van der Waals surface area (Å²) in [7, 11) is 0. The molecule has 0 bridgehead atoms. The first-order valence-electron chi connectivity index (χ1n) is 5.87. The van der Waals surface area contributed by atoms with Gasteiger partial charge in [-0.05, 0) is 24.5 Å². The average Bonchev–Trinajstić information content (AvgIpc) is 2.39. The van der Waals surface area contributed by atoms with Crippen molar-refractivity contribution < 1.29 is 20.1 Å². The van der Waals surface area contributed by atoms with Gasteiger partial charge in [0, 0.05) is 12.0 Å². The second-order valence-electron chi connectivity index (χ2n) is 4.40. The number of ketones is 1. The quantitative estimate of drug-likeness (QED) is 0.754. The zero-order chi connectivity index (χ0) is 14.6. The van der Waals surface area contributed by atoms with Gasteiger partial charge in [-0.1, -0.05) is 30.1 Å². The summed E-state index contributed by atoms with van der Waals surface area (Å²) in [5.41, 5.74) is 0.487. The van der Waals surface area contributed by atoms with E-state index < -0.39 is 18.5 Å². The van der Waals surface area contributed by atoms with Gasteiger partial charge >= 0.3 is 0 Å². The predicted octanol–water partition coefficient (Wildman–Crippen LogP) is 2.51. The van der Waals surface area contributed by atoms with Gasteiger partial charge in [-0.25, -0.2) is 0 Å². The summed E-state index contributed by atoms with van der Waals surface area (Å²) in [6, 6.07) is 2.94. The zero-order valence-electron chi connectivity index (χ0n) is 10.4. The number of carbonyl (C=O) groups is 1. The number of aliphatic hydroxyl groups excluding tert-OH is 2. The fourth-order valence-electron chi connectivity index (χ4n) is 1.80. The minimum Gasteiger partial charge on any atom is -0.508 e. The lowest BCUT2D eigenvalue weighted by Crippen LogP contribution is -2.24. The Morgan fingerprint density at radius 2 is 2.00 bits per heavy atom. The van der Waals surface area contributed by atoms with E-state index in [0.29, 0.717) is 17.0 Å². The average molecular weight is 307 g/mol. The highest BCUT2D eigenvalue weighted by Gasteiger charge is 2.20. The van der Waals surface area contributed by atoms with Crippen molar-refractivity contribution in [3.8, 4) is 5.75 Å². The van der Waals surface area contributed by atoms with Crippen molar-refractivity contribution in [2.24, 2.45) is 0 Å². The molecule has 0 amide bonds. The summed E-state index contributed by atoms with van der Waals surface area (Å²) in [5.74, 6) is -0.606. The Hall–Kier alpha value is -0.810. The summed E-state index contributed by atoms with van der Waals surface area (Å²) < 4.78 is 0. The minimum absolute atomic E-state index is 0.0251. The number of carbonyl (C=O) groups excluding carboxylic acids is 1. The van der Waals surface area contributed by atoms with Crippen LogP contribution in [0.5, 0.6) is 5.75 Å². The number of aliphatic hydroxyl groups is 2. The molecule has 0 heterocycles. The molecule has 0 aliphatic heterocycles. The number of hydrogen-bond donors (Lipinski definition) is 3. The van der Waals surface area contributed by atoms with E-state index in [1.165, 1.54) is 12.1 Å². The normalized spacial score (nSPS) is 14.2. The van der Waals surface area contributed by atoms with Crippen molar-refractivity contribution in [2.75, 3.05) is 6.61 Å². The molecule has 0 saturated carbocycles. The fourth-order valence-corrected chi connectivity index (χ4v) is 2.31. The monoisotopic (exact) mass is 306 g/mol. The van der Waals surface area contributed by atoms with Crippen LogP contribution in [0.4, 0.5) is 0 Å². The van der Waals surface area contributed by atoms with Gasteiger partial charge in [0.2, 0.25) is 0 Å². The molecule has 106 valence electrons. The molecule has 1 aromatic carbocycles. The van der Waals surface area contributed by atoms with Gasteiger partial charge in [-0.2, -0.15) is 0 Å². The fraction of sp³-hybridized carbons (Fsp3) is 0.462. The number of halogens is 2. The molecule has 0 unspecified atom stereocenters. The Labute approximate surface area is 121 Å². The number of phenols is 1. The third-order valence-corrected chi connectivity index (χ3v) is 3.79. The van der Waals surface area contributed by atoms with E-state index in [1.807, 2.05) is 0 Å². The lowest BCUT2D eigenvalue weighted by molar-refractivity contribution is -0.129. The van der Waals surface area contributed by atoms with Crippen LogP contribution in [0.25, 0.3) is 0 Å². The van der Waals surface area contributed by atoms with Crippen LogP contribution >= 0.6 is 23.2 Å². The molecule has 0 aliphatic carbocycles. The molecule has 19 heavy (non-hydrogen) atoms. The first kappa shape index (κ1) is 16.2. The van der Waals surface area contributed by atoms with Gasteiger partial charge in [0.25, 0.3) is 0 Å². The first-order chi connectivity index (χ1) is 8.88. The number of hydrogen-bond acceptors (Lipinski definition) is 4. The van der Waals surface area contributed by atoms with Gasteiger partial charge in [0.15, 0.2) is 5.78 Å². The van der Waals surface area contributed by atoms with E-state index in [-0.39, 0.29) is 23.1 Å². The number of phenolic OH excluding ortho intramolecular Hbond substituents is 1. The lowest BCUT2D eigenvalue weighted by atomic mass is 9.93. The molecule has 0 spiro atoms. The molecule has 4 nitrogen and oxygen atoms in total. The summed E-state index contributed by atoms with van der Waals surface area (Å²) >= 11 is 11.9. The molecule has 0 fully saturated rings. The second-order valence-corrected chi connectivity index (χ2v) is 5.18. The maximum Gasteiger partial charge on any atom is 0.163 e. The van der Waals surface area contributed by atoms with E-state index in [9.17, 15) is 9.90 Å². The van der Waals surface area contributed by atoms with Crippen LogP contribution < -0.4 is 0 Å². The standard InChI is InChI=1S/C13H16Cl2O4/c1-7(2-4-9(17)11(19)6-16)12-10(18)5-3-8(14)13(12)15/h3,5,7,11,16,18-19H,2,4,6H2,1H3/t7-,11+/m1/s1. The molecule has 6 heteroatoms. The Morgan fingerprint density at radius 3 is 2.58 bits per heavy atom. The van der Waals surface area contributed by atoms with Crippen molar-refractivity contribution in [2.45, 2.75) is 31.8 Å². The van der Waals surface area contributed by atoms with Gasteiger partial charge in [-0.15, -0.1) is 0 Å². The topological polar surface area (TPSA) is 77.8 Å². The third kappa shape index (κ3) is 4.08. The minimum atomic E-state index is -1.35. The Kier molecular flexibility index (Phi) is 6.07. The Balaban J connectivity index is 2.77. The molecule has 0 aromatic heterocycles. The van der Waals surface area contributed by atoms with Gasteiger partial charge in [0.05, 0.1) is 16.7 Å². The number of Topliss-reactive ketones (excluding diaryl/α,β-unsaturated/α-hetero) is 1. The molecular weight excluding hydrogens is 291 g/mol. The SMILES string of the molecule is C[C@H](CCC(=O)[C@@H](O)CO)c1c(O)ccc(Cl)c1Cl. The molecule has 2 atom stereocenters. The smallest absolute Gasteiger partial charge is 0.163 e. The van der Waals surface area contributed by atoms with Crippen LogP contribution in [-0.4, -0.2) is 33.8 Å². The van der Waals surface area contributed by atoms with E-state index in [2.05, 4.69) is 0 Å².